The summed E-state index contributed by atoms with van der Waals surface area (Å²) in [6.45, 7) is 0. The zero-order valence-electron chi connectivity index (χ0n) is 48.9. The predicted octanol–water partition coefficient (Wildman–Crippen LogP) is 22.7. The summed E-state index contributed by atoms with van der Waals surface area (Å²) >= 11 is 0. The Labute approximate surface area is 523 Å². The van der Waals surface area contributed by atoms with Crippen molar-refractivity contribution in [3.63, 3.8) is 0 Å². The summed E-state index contributed by atoms with van der Waals surface area (Å²) in [5, 5.41) is 3.29. The second-order valence-corrected chi connectivity index (χ2v) is 23.1. The molecule has 0 aliphatic carbocycles. The molecule has 14 aromatic rings. The van der Waals surface area contributed by atoms with Crippen LogP contribution in [-0.2, 0) is 16.5 Å². The van der Waals surface area contributed by atoms with Crippen molar-refractivity contribution in [2.24, 2.45) is 0 Å². The van der Waals surface area contributed by atoms with Crippen LogP contribution in [0, 0.1) is 0 Å². The first-order chi connectivity index (χ1) is 44.0. The summed E-state index contributed by atoms with van der Waals surface area (Å²) in [5.41, 5.74) is 14.2. The molecule has 14 aromatic carbocycles. The van der Waals surface area contributed by atoms with Crippen molar-refractivity contribution in [2.45, 2.75) is 11.9 Å². The molecule has 14 rings (SSSR count). The van der Waals surface area contributed by atoms with Crippen molar-refractivity contribution >= 4 is 48.7 Å². The third-order valence-electron chi connectivity index (χ3n) is 15.6. The lowest BCUT2D eigenvalue weighted by Gasteiger charge is -2.28. The van der Waals surface area contributed by atoms with Gasteiger partial charge in [0.15, 0.2) is 5.75 Å². The molecule has 0 atom stereocenters. The van der Waals surface area contributed by atoms with Crippen LogP contribution in [0.1, 0.15) is 11.1 Å². The van der Waals surface area contributed by atoms with Gasteiger partial charge in [-0.25, -0.2) is 0 Å². The lowest BCUT2D eigenvalue weighted by molar-refractivity contribution is -0.0499. The standard InChI is InChI=1S/C40H29N.C25H20.C17H11F3O3S/c1-4-12-30(13-5-1)33-20-24-37(25-21-33)41(38-26-22-34(23-27-38)31-14-6-2-7-15-31)40-29-36(32-16-8-3-9-17-32)28-35-18-10-11-19-39(35)40;1-3-7-22(8-4-1)24-15-11-20(12-16-24)19-21-13-17-25(18-14-21)23-9-5-2-6-10-23;18-17(19,20)24(21,22)23-16-11-14(12-6-2-1-3-7-12)10-13-8-4-5-9-15(13)16/h1-29H;1-18H,19H2;1-11H. The van der Waals surface area contributed by atoms with Gasteiger partial charge in [-0.05, 0) is 144 Å². The molecule has 0 saturated carbocycles. The van der Waals surface area contributed by atoms with E-state index in [0.29, 0.717) is 10.9 Å². The van der Waals surface area contributed by atoms with E-state index in [9.17, 15) is 21.6 Å². The minimum Gasteiger partial charge on any atom is -0.375 e. The Hall–Kier alpha value is -11.1. The van der Waals surface area contributed by atoms with Crippen LogP contribution in [0.3, 0.4) is 0 Å². The minimum absolute atomic E-state index is 0.282. The Morgan fingerprint density at radius 3 is 0.922 bits per heavy atom. The Balaban J connectivity index is 0.000000139. The number of hydrogen-bond acceptors (Lipinski definition) is 4. The normalized spacial score (nSPS) is 11.2. The van der Waals surface area contributed by atoms with Crippen molar-refractivity contribution < 1.29 is 25.8 Å². The Morgan fingerprint density at radius 2 is 0.567 bits per heavy atom. The van der Waals surface area contributed by atoms with Crippen LogP contribution in [0.15, 0.2) is 352 Å². The summed E-state index contributed by atoms with van der Waals surface area (Å²) in [5.74, 6) is -0.357. The largest absolute Gasteiger partial charge is 0.534 e. The molecule has 8 heteroatoms. The molecular formula is C82H60F3NO3S. The molecule has 4 nitrogen and oxygen atoms in total. The molecule has 0 bridgehead atoms. The highest BCUT2D eigenvalue weighted by atomic mass is 32.2. The van der Waals surface area contributed by atoms with Crippen LogP contribution in [0.2, 0.25) is 0 Å². The van der Waals surface area contributed by atoms with E-state index in [2.05, 4.69) is 294 Å². The lowest BCUT2D eigenvalue weighted by Crippen LogP contribution is -2.28. The Kier molecular flexibility index (Phi) is 18.0. The van der Waals surface area contributed by atoms with E-state index >= 15 is 0 Å². The second kappa shape index (κ2) is 27.3. The van der Waals surface area contributed by atoms with Crippen LogP contribution in [0.5, 0.6) is 5.75 Å². The number of halogens is 3. The van der Waals surface area contributed by atoms with Crippen molar-refractivity contribution in [3.8, 4) is 72.5 Å². The lowest BCUT2D eigenvalue weighted by atomic mass is 9.98. The fraction of sp³-hybridized carbons (Fsp3) is 0.0244. The van der Waals surface area contributed by atoms with E-state index < -0.39 is 15.6 Å². The highest BCUT2D eigenvalue weighted by molar-refractivity contribution is 7.88. The number of fused-ring (bicyclic) bond motifs is 2. The molecule has 438 valence electrons. The van der Waals surface area contributed by atoms with E-state index in [-0.39, 0.29) is 11.1 Å². The number of nitrogens with zero attached hydrogens (tertiary/aromatic N) is 1. The molecule has 0 aromatic heterocycles. The van der Waals surface area contributed by atoms with E-state index in [4.69, 9.17) is 0 Å². The van der Waals surface area contributed by atoms with Gasteiger partial charge >= 0.3 is 15.6 Å². The van der Waals surface area contributed by atoms with Crippen molar-refractivity contribution in [1.82, 2.24) is 0 Å². The molecule has 0 saturated heterocycles. The van der Waals surface area contributed by atoms with E-state index in [1.807, 2.05) is 0 Å². The highest BCUT2D eigenvalue weighted by Crippen LogP contribution is 2.43. The first-order valence-corrected chi connectivity index (χ1v) is 31.0. The Bertz CT molecular complexity index is 4590. The number of rotatable bonds is 13. The number of anilines is 3. The average Bonchev–Trinajstić information content (AvgIpc) is 0.870. The van der Waals surface area contributed by atoms with Gasteiger partial charge in [0.25, 0.3) is 0 Å². The maximum absolute atomic E-state index is 12.6. The van der Waals surface area contributed by atoms with Gasteiger partial charge in [0.05, 0.1) is 5.69 Å². The van der Waals surface area contributed by atoms with Crippen LogP contribution in [-0.4, -0.2) is 13.9 Å². The van der Waals surface area contributed by atoms with Gasteiger partial charge in [-0.2, -0.15) is 21.6 Å². The number of benzene rings is 14. The fourth-order valence-electron chi connectivity index (χ4n) is 11.0. The summed E-state index contributed by atoms with van der Waals surface area (Å²) in [7, 11) is -5.74. The number of hydrogen-bond donors (Lipinski definition) is 0. The molecule has 0 amide bonds. The quantitative estimate of drug-likeness (QED) is 0.0853. The third kappa shape index (κ3) is 14.2. The summed E-state index contributed by atoms with van der Waals surface area (Å²) in [6.07, 6.45) is 0.962. The first kappa shape index (κ1) is 59.3. The van der Waals surface area contributed by atoms with Crippen LogP contribution in [0.4, 0.5) is 30.2 Å². The van der Waals surface area contributed by atoms with Crippen LogP contribution >= 0.6 is 0 Å². The molecule has 0 fully saturated rings. The molecular weight excluding hydrogens is 1140 g/mol. The summed E-state index contributed by atoms with van der Waals surface area (Å²) < 4.78 is 65.0. The molecule has 0 unspecified atom stereocenters. The van der Waals surface area contributed by atoms with E-state index in [0.717, 1.165) is 29.0 Å². The maximum atomic E-state index is 12.6. The second-order valence-electron chi connectivity index (χ2n) is 21.6. The zero-order chi connectivity index (χ0) is 61.7. The van der Waals surface area contributed by atoms with Gasteiger partial charge < -0.3 is 9.08 Å². The minimum atomic E-state index is -5.74. The van der Waals surface area contributed by atoms with Crippen molar-refractivity contribution in [1.29, 1.82) is 0 Å². The van der Waals surface area contributed by atoms with Gasteiger partial charge in [0.2, 0.25) is 0 Å². The maximum Gasteiger partial charge on any atom is 0.534 e. The number of alkyl halides is 3. The smallest absolute Gasteiger partial charge is 0.375 e. The first-order valence-electron chi connectivity index (χ1n) is 29.6. The van der Waals surface area contributed by atoms with Crippen molar-refractivity contribution in [3.05, 3.63) is 363 Å². The topological polar surface area (TPSA) is 46.6 Å². The molecule has 0 radical (unpaired) electrons. The van der Waals surface area contributed by atoms with Crippen LogP contribution in [0.25, 0.3) is 88.3 Å². The molecule has 0 aliphatic rings. The van der Waals surface area contributed by atoms with E-state index in [1.165, 1.54) is 89.7 Å². The van der Waals surface area contributed by atoms with Gasteiger partial charge in [-0.15, -0.1) is 0 Å². The Morgan fingerprint density at radius 1 is 0.289 bits per heavy atom. The summed E-state index contributed by atoms with van der Waals surface area (Å²) in [4.78, 5) is 2.39. The zero-order valence-corrected chi connectivity index (χ0v) is 49.7. The van der Waals surface area contributed by atoms with E-state index in [1.54, 1.807) is 54.6 Å². The van der Waals surface area contributed by atoms with Gasteiger partial charge in [-0.3, -0.25) is 0 Å². The molecule has 0 spiro atoms. The van der Waals surface area contributed by atoms with Crippen molar-refractivity contribution in [2.75, 3.05) is 4.90 Å². The summed E-state index contributed by atoms with van der Waals surface area (Å²) in [6, 6.07) is 120. The molecule has 90 heavy (non-hydrogen) atoms. The molecule has 0 heterocycles. The fourth-order valence-corrected chi connectivity index (χ4v) is 11.5. The molecule has 0 aliphatic heterocycles. The SMILES string of the molecule is O=S(=O)(Oc1cc(-c2ccccc2)cc2ccccc12)C(F)(F)F.c1ccc(-c2ccc(Cc3ccc(-c4ccccc4)cc3)cc2)cc1.c1ccc(-c2ccc(N(c3ccc(-c4ccccc4)cc3)c3cc(-c4ccccc4)cc4ccccc34)cc2)cc1. The monoisotopic (exact) mass is 1200 g/mol. The van der Waals surface area contributed by atoms with Gasteiger partial charge in [0, 0.05) is 22.1 Å². The highest BCUT2D eigenvalue weighted by Gasteiger charge is 2.48. The van der Waals surface area contributed by atoms with Crippen LogP contribution < -0.4 is 9.08 Å². The van der Waals surface area contributed by atoms with Gasteiger partial charge in [0.1, 0.15) is 0 Å². The molecule has 0 N–H and O–H groups in total. The average molecular weight is 1200 g/mol. The predicted molar refractivity (Wildman–Crippen MR) is 366 cm³/mol. The third-order valence-corrected chi connectivity index (χ3v) is 16.6. The van der Waals surface area contributed by atoms with Gasteiger partial charge in [-0.1, -0.05) is 303 Å².